The molecular formula is C14H24N2O3. The number of nitrogens with two attached hydrogens (primary N) is 1. The molecule has 19 heavy (non-hydrogen) atoms. The minimum atomic E-state index is -0.737. The van der Waals surface area contributed by atoms with Crippen LogP contribution in [0.2, 0.25) is 0 Å². The Morgan fingerprint density at radius 3 is 2.32 bits per heavy atom. The zero-order valence-electron chi connectivity index (χ0n) is 11.9. The summed E-state index contributed by atoms with van der Waals surface area (Å²) >= 11 is 0. The van der Waals surface area contributed by atoms with E-state index in [4.69, 9.17) is 5.73 Å². The van der Waals surface area contributed by atoms with Crippen LogP contribution in [0.4, 0.5) is 0 Å². The molecule has 0 saturated heterocycles. The van der Waals surface area contributed by atoms with Gasteiger partial charge < -0.3 is 16.2 Å². The van der Waals surface area contributed by atoms with Gasteiger partial charge in [-0.2, -0.15) is 0 Å². The van der Waals surface area contributed by atoms with Crippen molar-refractivity contribution in [2.24, 2.45) is 23.0 Å². The van der Waals surface area contributed by atoms with E-state index < -0.39 is 11.5 Å². The molecule has 0 aromatic rings. The number of aliphatic carboxylic acids is 1. The average molecular weight is 268 g/mol. The van der Waals surface area contributed by atoms with Crippen molar-refractivity contribution in [2.75, 3.05) is 0 Å². The molecule has 4 N–H and O–H groups in total. The van der Waals surface area contributed by atoms with Crippen LogP contribution in [0, 0.1) is 17.3 Å². The zero-order valence-corrected chi connectivity index (χ0v) is 11.9. The van der Waals surface area contributed by atoms with Gasteiger partial charge in [-0.25, -0.2) is 0 Å². The first-order chi connectivity index (χ1) is 8.68. The molecule has 0 aromatic carbocycles. The molecule has 2 aliphatic rings. The predicted octanol–water partition coefficient (Wildman–Crippen LogP) is 1.12. The lowest BCUT2D eigenvalue weighted by Crippen LogP contribution is -2.55. The summed E-state index contributed by atoms with van der Waals surface area (Å²) in [6.45, 7) is 5.98. The number of carbonyl (C=O) groups is 2. The molecule has 0 aromatic heterocycles. The number of carboxylic acids is 1. The fourth-order valence-electron chi connectivity index (χ4n) is 3.12. The Kier molecular flexibility index (Phi) is 3.37. The van der Waals surface area contributed by atoms with Crippen molar-refractivity contribution < 1.29 is 14.7 Å². The highest BCUT2D eigenvalue weighted by Crippen LogP contribution is 2.45. The van der Waals surface area contributed by atoms with Crippen molar-refractivity contribution in [3.8, 4) is 0 Å². The van der Waals surface area contributed by atoms with Gasteiger partial charge in [-0.1, -0.05) is 20.8 Å². The molecule has 5 nitrogen and oxygen atoms in total. The number of rotatable bonds is 3. The molecule has 5 heteroatoms. The van der Waals surface area contributed by atoms with E-state index in [1.54, 1.807) is 0 Å². The van der Waals surface area contributed by atoms with Crippen molar-refractivity contribution in [2.45, 2.75) is 58.0 Å². The first kappa shape index (κ1) is 14.3. The second-order valence-corrected chi connectivity index (χ2v) is 6.81. The van der Waals surface area contributed by atoms with Crippen LogP contribution >= 0.6 is 0 Å². The van der Waals surface area contributed by atoms with Crippen LogP contribution in [0.5, 0.6) is 0 Å². The van der Waals surface area contributed by atoms with Crippen molar-refractivity contribution >= 4 is 11.9 Å². The van der Waals surface area contributed by atoms with Crippen LogP contribution in [0.15, 0.2) is 0 Å². The van der Waals surface area contributed by atoms with Crippen LogP contribution in [0.25, 0.3) is 0 Å². The lowest BCUT2D eigenvalue weighted by molar-refractivity contribution is -0.150. The fourth-order valence-corrected chi connectivity index (χ4v) is 3.12. The molecule has 0 bridgehead atoms. The van der Waals surface area contributed by atoms with E-state index >= 15 is 0 Å². The first-order valence-electron chi connectivity index (χ1n) is 7.01. The van der Waals surface area contributed by atoms with Crippen molar-refractivity contribution in [1.82, 2.24) is 5.32 Å². The molecule has 1 amide bonds. The highest BCUT2D eigenvalue weighted by molar-refractivity contribution is 5.89. The molecule has 0 radical (unpaired) electrons. The standard InChI is InChI=1S/C14H24N2O3/c1-8-10(16-12(19)14(15)6-7-14)5-4-9(11(17)18)13(8,2)3/h8-10H,4-7,15H2,1-3H3,(H,16,19)(H,17,18). The van der Waals surface area contributed by atoms with Crippen molar-refractivity contribution in [1.29, 1.82) is 0 Å². The molecule has 0 aliphatic heterocycles. The zero-order chi connectivity index (χ0) is 14.4. The second-order valence-electron chi connectivity index (χ2n) is 6.81. The Morgan fingerprint density at radius 2 is 1.84 bits per heavy atom. The van der Waals surface area contributed by atoms with Gasteiger partial charge in [-0.15, -0.1) is 0 Å². The van der Waals surface area contributed by atoms with Gasteiger partial charge in [0.2, 0.25) is 5.91 Å². The average Bonchev–Trinajstić information content (AvgIpc) is 3.04. The highest BCUT2D eigenvalue weighted by Gasteiger charge is 2.50. The smallest absolute Gasteiger partial charge is 0.307 e. The maximum Gasteiger partial charge on any atom is 0.307 e. The highest BCUT2D eigenvalue weighted by atomic mass is 16.4. The van der Waals surface area contributed by atoms with Gasteiger partial charge in [-0.05, 0) is 37.0 Å². The molecule has 2 rings (SSSR count). The van der Waals surface area contributed by atoms with Gasteiger partial charge in [0.05, 0.1) is 11.5 Å². The third-order valence-corrected chi connectivity index (χ3v) is 5.30. The van der Waals surface area contributed by atoms with E-state index in [-0.39, 0.29) is 29.2 Å². The third kappa shape index (κ3) is 2.48. The molecular weight excluding hydrogens is 244 g/mol. The molecule has 2 fully saturated rings. The number of carboxylic acid groups (broad SMARTS) is 1. The summed E-state index contributed by atoms with van der Waals surface area (Å²) in [6, 6.07) is 0.0270. The minimum absolute atomic E-state index is 0.0270. The Labute approximate surface area is 113 Å². The Morgan fingerprint density at radius 1 is 1.26 bits per heavy atom. The van der Waals surface area contributed by atoms with Gasteiger partial charge in [0.1, 0.15) is 0 Å². The third-order valence-electron chi connectivity index (χ3n) is 5.30. The topological polar surface area (TPSA) is 92.4 Å². The summed E-state index contributed by atoms with van der Waals surface area (Å²) in [5.74, 6) is -1.04. The van der Waals surface area contributed by atoms with E-state index in [1.165, 1.54) is 0 Å². The van der Waals surface area contributed by atoms with Crippen LogP contribution in [0.3, 0.4) is 0 Å². The summed E-state index contributed by atoms with van der Waals surface area (Å²) in [5, 5.41) is 12.3. The lowest BCUT2D eigenvalue weighted by Gasteiger charge is -2.46. The number of hydrogen-bond acceptors (Lipinski definition) is 3. The van der Waals surface area contributed by atoms with E-state index in [9.17, 15) is 14.7 Å². The summed E-state index contributed by atoms with van der Waals surface area (Å²) in [7, 11) is 0. The van der Waals surface area contributed by atoms with Crippen molar-refractivity contribution in [3.63, 3.8) is 0 Å². The fraction of sp³-hybridized carbons (Fsp3) is 0.857. The maximum absolute atomic E-state index is 12.0. The molecule has 2 aliphatic carbocycles. The Bertz CT molecular complexity index is 401. The van der Waals surface area contributed by atoms with Gasteiger partial charge in [0, 0.05) is 6.04 Å². The minimum Gasteiger partial charge on any atom is -0.481 e. The van der Waals surface area contributed by atoms with Crippen LogP contribution < -0.4 is 11.1 Å². The molecule has 3 unspecified atom stereocenters. The normalized spacial score (nSPS) is 35.5. The summed E-state index contributed by atoms with van der Waals surface area (Å²) < 4.78 is 0. The molecule has 108 valence electrons. The van der Waals surface area contributed by atoms with Crippen LogP contribution in [0.1, 0.15) is 46.5 Å². The molecule has 2 saturated carbocycles. The van der Waals surface area contributed by atoms with E-state index in [0.29, 0.717) is 12.8 Å². The van der Waals surface area contributed by atoms with Crippen LogP contribution in [-0.2, 0) is 9.59 Å². The largest absolute Gasteiger partial charge is 0.481 e. The summed E-state index contributed by atoms with van der Waals surface area (Å²) in [5.41, 5.74) is 4.90. The number of hydrogen-bond donors (Lipinski definition) is 3. The summed E-state index contributed by atoms with van der Waals surface area (Å²) in [4.78, 5) is 23.3. The Balaban J connectivity index is 2.05. The molecule has 0 spiro atoms. The quantitative estimate of drug-likeness (QED) is 0.715. The van der Waals surface area contributed by atoms with Gasteiger partial charge >= 0.3 is 5.97 Å². The van der Waals surface area contributed by atoms with Gasteiger partial charge in [0.25, 0.3) is 0 Å². The number of amides is 1. The number of carbonyl (C=O) groups excluding carboxylic acids is 1. The number of nitrogens with one attached hydrogen (secondary N) is 1. The monoisotopic (exact) mass is 268 g/mol. The second kappa shape index (κ2) is 4.47. The Hall–Kier alpha value is -1.10. The molecule has 0 heterocycles. The SMILES string of the molecule is CC1C(NC(=O)C2(N)CC2)CCC(C(=O)O)C1(C)C. The van der Waals surface area contributed by atoms with Gasteiger partial charge in [-0.3, -0.25) is 9.59 Å². The van der Waals surface area contributed by atoms with Crippen LogP contribution in [-0.4, -0.2) is 28.6 Å². The maximum atomic E-state index is 12.0. The van der Waals surface area contributed by atoms with Gasteiger partial charge in [0.15, 0.2) is 0 Å². The van der Waals surface area contributed by atoms with Crippen molar-refractivity contribution in [3.05, 3.63) is 0 Å². The lowest BCUT2D eigenvalue weighted by atomic mass is 9.61. The van der Waals surface area contributed by atoms with E-state index in [0.717, 1.165) is 12.8 Å². The van der Waals surface area contributed by atoms with E-state index in [1.807, 2.05) is 20.8 Å². The summed E-state index contributed by atoms with van der Waals surface area (Å²) in [6.07, 6.45) is 2.82. The first-order valence-corrected chi connectivity index (χ1v) is 7.01. The molecule has 3 atom stereocenters. The predicted molar refractivity (Wildman–Crippen MR) is 71.4 cm³/mol. The van der Waals surface area contributed by atoms with E-state index in [2.05, 4.69) is 5.32 Å².